The molecular weight excluding hydrogens is 314 g/mol. The van der Waals surface area contributed by atoms with Crippen LogP contribution in [0.3, 0.4) is 0 Å². The van der Waals surface area contributed by atoms with E-state index < -0.39 is 0 Å². The largest absolute Gasteiger partial charge is 0.493 e. The monoisotopic (exact) mass is 339 g/mol. The molecule has 0 aromatic heterocycles. The molecule has 2 aromatic carbocycles. The Morgan fingerprint density at radius 3 is 2.32 bits per heavy atom. The van der Waals surface area contributed by atoms with E-state index in [4.69, 9.17) is 9.47 Å². The van der Waals surface area contributed by atoms with Crippen molar-refractivity contribution in [1.82, 2.24) is 0 Å². The minimum Gasteiger partial charge on any atom is -0.493 e. The fraction of sp³-hybridized carbons (Fsp3) is 0.333. The van der Waals surface area contributed by atoms with Gasteiger partial charge in [0.25, 0.3) is 0 Å². The second-order valence-electron chi connectivity index (χ2n) is 6.18. The van der Waals surface area contributed by atoms with E-state index in [0.29, 0.717) is 11.5 Å². The normalized spacial score (nSPS) is 12.4. The summed E-state index contributed by atoms with van der Waals surface area (Å²) in [6.07, 6.45) is 1.70. The van der Waals surface area contributed by atoms with Gasteiger partial charge in [-0.25, -0.2) is 0 Å². The number of ketones is 1. The van der Waals surface area contributed by atoms with Crippen LogP contribution in [0, 0.1) is 5.92 Å². The number of Topliss-reactive ketones (excluding diaryl/α,β-unsaturated/α-hetero) is 1. The topological polar surface area (TPSA) is 47.9 Å². The van der Waals surface area contributed by atoms with Crippen molar-refractivity contribution < 1.29 is 14.3 Å². The molecule has 0 N–H and O–H groups in total. The van der Waals surface area contributed by atoms with Gasteiger partial charge in [0.2, 0.25) is 0 Å². The van der Waals surface area contributed by atoms with Crippen molar-refractivity contribution in [3.8, 4) is 11.5 Å². The summed E-state index contributed by atoms with van der Waals surface area (Å²) in [6.45, 7) is 4.29. The summed E-state index contributed by atoms with van der Waals surface area (Å²) in [5.74, 6) is 1.52. The number of hydrogen-bond acceptors (Lipinski definition) is 4. The van der Waals surface area contributed by atoms with E-state index in [1.165, 1.54) is 0 Å². The van der Waals surface area contributed by atoms with Crippen LogP contribution in [-0.2, 0) is 4.79 Å². The highest BCUT2D eigenvalue weighted by Gasteiger charge is 2.23. The predicted molar refractivity (Wildman–Crippen MR) is 101 cm³/mol. The summed E-state index contributed by atoms with van der Waals surface area (Å²) in [7, 11) is 3.19. The Labute approximate surface area is 149 Å². The minimum atomic E-state index is -0.135. The average Bonchev–Trinajstić information content (AvgIpc) is 2.62. The van der Waals surface area contributed by atoms with E-state index in [1.807, 2.05) is 48.5 Å². The van der Waals surface area contributed by atoms with Crippen molar-refractivity contribution in [1.29, 1.82) is 0 Å². The maximum Gasteiger partial charge on any atom is 0.161 e. The summed E-state index contributed by atoms with van der Waals surface area (Å²) in [5, 5.41) is 0. The standard InChI is InChI=1S/C21H25NO3/c1-15(2)21(17-8-6-5-7-9-17)18(23)14-22-13-16-10-11-19(24-3)20(12-16)25-4/h5-13,15,21H,14H2,1-4H3. The molecule has 25 heavy (non-hydrogen) atoms. The van der Waals surface area contributed by atoms with Gasteiger partial charge in [0.1, 0.15) is 0 Å². The number of nitrogens with zero attached hydrogens (tertiary/aromatic N) is 1. The highest BCUT2D eigenvalue weighted by Crippen LogP contribution is 2.27. The summed E-state index contributed by atoms with van der Waals surface area (Å²) in [5.41, 5.74) is 1.91. The molecule has 0 heterocycles. The van der Waals surface area contributed by atoms with Gasteiger partial charge in [0, 0.05) is 12.1 Å². The Morgan fingerprint density at radius 2 is 1.72 bits per heavy atom. The van der Waals surface area contributed by atoms with Crippen LogP contribution in [0.15, 0.2) is 53.5 Å². The molecule has 0 saturated carbocycles. The first-order chi connectivity index (χ1) is 12.1. The van der Waals surface area contributed by atoms with E-state index in [-0.39, 0.29) is 24.2 Å². The molecule has 2 aromatic rings. The fourth-order valence-electron chi connectivity index (χ4n) is 2.88. The summed E-state index contributed by atoms with van der Waals surface area (Å²) < 4.78 is 10.5. The molecule has 0 bridgehead atoms. The number of carbonyl (C=O) groups excluding carboxylic acids is 1. The predicted octanol–water partition coefficient (Wildman–Crippen LogP) is 4.13. The van der Waals surface area contributed by atoms with Crippen molar-refractivity contribution in [2.24, 2.45) is 10.9 Å². The first kappa shape index (κ1) is 18.7. The van der Waals surface area contributed by atoms with E-state index in [0.717, 1.165) is 11.1 Å². The molecule has 0 fully saturated rings. The molecule has 0 aliphatic heterocycles. The van der Waals surface area contributed by atoms with Gasteiger partial charge in [-0.2, -0.15) is 0 Å². The van der Waals surface area contributed by atoms with E-state index in [1.54, 1.807) is 20.4 Å². The number of rotatable bonds is 8. The van der Waals surface area contributed by atoms with E-state index in [2.05, 4.69) is 18.8 Å². The third-order valence-corrected chi connectivity index (χ3v) is 4.07. The van der Waals surface area contributed by atoms with Gasteiger partial charge in [-0.3, -0.25) is 9.79 Å². The molecule has 0 radical (unpaired) electrons. The van der Waals surface area contributed by atoms with E-state index in [9.17, 15) is 4.79 Å². The summed E-state index contributed by atoms with van der Waals surface area (Å²) in [6, 6.07) is 15.4. The van der Waals surface area contributed by atoms with E-state index >= 15 is 0 Å². The van der Waals surface area contributed by atoms with Crippen LogP contribution in [0.25, 0.3) is 0 Å². The third kappa shape index (κ3) is 4.92. The molecule has 0 saturated heterocycles. The Morgan fingerprint density at radius 1 is 1.04 bits per heavy atom. The molecule has 1 unspecified atom stereocenters. The van der Waals surface area contributed by atoms with Gasteiger partial charge in [-0.15, -0.1) is 0 Å². The Balaban J connectivity index is 2.08. The lowest BCUT2D eigenvalue weighted by Crippen LogP contribution is -2.20. The second-order valence-corrected chi connectivity index (χ2v) is 6.18. The number of hydrogen-bond donors (Lipinski definition) is 0. The first-order valence-electron chi connectivity index (χ1n) is 8.36. The molecule has 0 aliphatic rings. The van der Waals surface area contributed by atoms with Gasteiger partial charge in [-0.05, 0) is 35.2 Å². The molecule has 4 heteroatoms. The molecular formula is C21H25NO3. The molecule has 0 amide bonds. The first-order valence-corrected chi connectivity index (χ1v) is 8.36. The smallest absolute Gasteiger partial charge is 0.161 e. The average molecular weight is 339 g/mol. The Hall–Kier alpha value is -2.62. The zero-order chi connectivity index (χ0) is 18.2. The summed E-state index contributed by atoms with van der Waals surface area (Å²) >= 11 is 0. The van der Waals surface area contributed by atoms with Crippen molar-refractivity contribution >= 4 is 12.0 Å². The highest BCUT2D eigenvalue weighted by molar-refractivity contribution is 5.90. The number of carbonyl (C=O) groups is 1. The Kier molecular flexibility index (Phi) is 6.75. The van der Waals surface area contributed by atoms with Gasteiger partial charge in [-0.1, -0.05) is 44.2 Å². The molecule has 132 valence electrons. The SMILES string of the molecule is COc1ccc(C=NCC(=O)C(c2ccccc2)C(C)C)cc1OC. The van der Waals surface area contributed by atoms with Crippen LogP contribution in [0.1, 0.15) is 30.9 Å². The van der Waals surface area contributed by atoms with Gasteiger partial charge < -0.3 is 9.47 Å². The second kappa shape index (κ2) is 9.02. The maximum absolute atomic E-state index is 12.6. The van der Waals surface area contributed by atoms with Gasteiger partial charge in [0.05, 0.1) is 20.8 Å². The summed E-state index contributed by atoms with van der Waals surface area (Å²) in [4.78, 5) is 17.0. The van der Waals surface area contributed by atoms with Crippen LogP contribution in [0.5, 0.6) is 11.5 Å². The van der Waals surface area contributed by atoms with Gasteiger partial charge in [0.15, 0.2) is 17.3 Å². The van der Waals surface area contributed by atoms with Crippen LogP contribution >= 0.6 is 0 Å². The molecule has 0 aliphatic carbocycles. The number of methoxy groups -OCH3 is 2. The number of aliphatic imine (C=N–C) groups is 1. The molecule has 0 spiro atoms. The van der Waals surface area contributed by atoms with Crippen LogP contribution in [0.2, 0.25) is 0 Å². The lowest BCUT2D eigenvalue weighted by molar-refractivity contribution is -0.120. The minimum absolute atomic E-state index is 0.123. The third-order valence-electron chi connectivity index (χ3n) is 4.07. The molecule has 1 atom stereocenters. The Bertz CT molecular complexity index is 723. The van der Waals surface area contributed by atoms with Crippen molar-refractivity contribution in [2.75, 3.05) is 20.8 Å². The quantitative estimate of drug-likeness (QED) is 0.679. The van der Waals surface area contributed by atoms with Crippen molar-refractivity contribution in [2.45, 2.75) is 19.8 Å². The lowest BCUT2D eigenvalue weighted by atomic mass is 9.85. The van der Waals surface area contributed by atoms with Crippen molar-refractivity contribution in [3.63, 3.8) is 0 Å². The number of benzene rings is 2. The van der Waals surface area contributed by atoms with Crippen molar-refractivity contribution in [3.05, 3.63) is 59.7 Å². The maximum atomic E-state index is 12.6. The fourth-order valence-corrected chi connectivity index (χ4v) is 2.88. The molecule has 4 nitrogen and oxygen atoms in total. The zero-order valence-electron chi connectivity index (χ0n) is 15.2. The van der Waals surface area contributed by atoms with Crippen LogP contribution < -0.4 is 9.47 Å². The molecule has 2 rings (SSSR count). The lowest BCUT2D eigenvalue weighted by Gasteiger charge is -2.19. The van der Waals surface area contributed by atoms with Gasteiger partial charge >= 0.3 is 0 Å². The van der Waals surface area contributed by atoms with Crippen LogP contribution in [0.4, 0.5) is 0 Å². The number of ether oxygens (including phenoxy) is 2. The zero-order valence-corrected chi connectivity index (χ0v) is 15.2. The van der Waals surface area contributed by atoms with Crippen LogP contribution in [-0.4, -0.2) is 32.8 Å². The highest BCUT2D eigenvalue weighted by atomic mass is 16.5.